The van der Waals surface area contributed by atoms with Crippen LogP contribution < -0.4 is 11.1 Å². The summed E-state index contributed by atoms with van der Waals surface area (Å²) in [5, 5.41) is 9.24. The van der Waals surface area contributed by atoms with Gasteiger partial charge in [-0.3, -0.25) is 8.89 Å². The summed E-state index contributed by atoms with van der Waals surface area (Å²) in [4.78, 5) is 13.9. The monoisotopic (exact) mass is 423 g/mol. The summed E-state index contributed by atoms with van der Waals surface area (Å²) < 4.78 is 15.9. The zero-order chi connectivity index (χ0) is 19.7. The van der Waals surface area contributed by atoms with E-state index >= 15 is 0 Å². The van der Waals surface area contributed by atoms with Gasteiger partial charge < -0.3 is 11.1 Å². The van der Waals surface area contributed by atoms with Gasteiger partial charge >= 0.3 is 0 Å². The minimum atomic E-state index is -1.04. The molecule has 0 amide bonds. The second-order valence-corrected chi connectivity index (χ2v) is 10.3. The Kier molecular flexibility index (Phi) is 3.57. The number of thiophene rings is 1. The fourth-order valence-electron chi connectivity index (χ4n) is 3.80. The summed E-state index contributed by atoms with van der Waals surface area (Å²) in [7, 11) is 0.853. The minimum Gasteiger partial charge on any atom is -0.368 e. The predicted octanol–water partition coefficient (Wildman–Crippen LogP) is 3.45. The first-order chi connectivity index (χ1) is 14.1. The van der Waals surface area contributed by atoms with E-state index in [0.717, 1.165) is 67.6 Å². The smallest absolute Gasteiger partial charge is 0.219 e. The van der Waals surface area contributed by atoms with Crippen LogP contribution in [0.5, 0.6) is 0 Å². The van der Waals surface area contributed by atoms with Gasteiger partial charge in [0.25, 0.3) is 0 Å². The van der Waals surface area contributed by atoms with Crippen LogP contribution in [0.1, 0.15) is 19.3 Å². The van der Waals surface area contributed by atoms with E-state index in [1.165, 1.54) is 11.3 Å². The lowest BCUT2D eigenvalue weighted by atomic mass is 10.00. The highest BCUT2D eigenvalue weighted by molar-refractivity contribution is 7.88. The number of aromatic nitrogens is 5. The molecule has 1 aliphatic heterocycles. The van der Waals surface area contributed by atoms with Gasteiger partial charge in [0.15, 0.2) is 5.82 Å². The third-order valence-corrected chi connectivity index (χ3v) is 8.76. The van der Waals surface area contributed by atoms with E-state index in [-0.39, 0.29) is 11.2 Å². The number of anilines is 3. The third kappa shape index (κ3) is 2.52. The second kappa shape index (κ2) is 6.07. The fraction of sp³-hybridized carbons (Fsp3) is 0.263. The molecule has 8 nitrogen and oxygen atoms in total. The van der Waals surface area contributed by atoms with Crippen LogP contribution in [0, 0.1) is 0 Å². The summed E-state index contributed by atoms with van der Waals surface area (Å²) in [5.41, 5.74) is 10.1. The molecule has 2 aliphatic rings. The number of hydrogen-bond acceptors (Lipinski definition) is 8. The molecule has 10 heteroatoms. The molecule has 6 rings (SSSR count). The number of nitrogens with two attached hydrogens (primary N) is 1. The maximum atomic E-state index is 13.2. The molecular weight excluding hydrogens is 406 g/mol. The van der Waals surface area contributed by atoms with Crippen LogP contribution in [-0.2, 0) is 17.8 Å². The van der Waals surface area contributed by atoms with E-state index in [1.54, 1.807) is 17.1 Å². The van der Waals surface area contributed by atoms with Crippen molar-refractivity contribution >= 4 is 49.8 Å². The molecule has 146 valence electrons. The molecule has 0 saturated heterocycles. The molecule has 1 aliphatic carbocycles. The molecule has 1 saturated carbocycles. The van der Waals surface area contributed by atoms with Crippen molar-refractivity contribution in [1.82, 2.24) is 24.7 Å². The molecule has 0 bridgehead atoms. The van der Waals surface area contributed by atoms with Crippen molar-refractivity contribution in [3.05, 3.63) is 24.7 Å². The maximum Gasteiger partial charge on any atom is 0.219 e. The van der Waals surface area contributed by atoms with E-state index < -0.39 is 10.8 Å². The molecule has 3 N–H and O–H groups in total. The summed E-state index contributed by atoms with van der Waals surface area (Å²) >= 11 is 1.50. The molecular formula is C19H17N7OS2. The summed E-state index contributed by atoms with van der Waals surface area (Å²) in [5.74, 6) is 1.00. The van der Waals surface area contributed by atoms with Gasteiger partial charge in [0.2, 0.25) is 5.95 Å². The Balaban J connectivity index is 1.62. The van der Waals surface area contributed by atoms with Crippen molar-refractivity contribution in [2.24, 2.45) is 7.05 Å². The van der Waals surface area contributed by atoms with Gasteiger partial charge in [-0.05, 0) is 18.9 Å². The van der Waals surface area contributed by atoms with Crippen molar-refractivity contribution in [2.75, 3.05) is 11.1 Å². The first-order valence-corrected chi connectivity index (χ1v) is 11.4. The number of nitrogens with one attached hydrogen (secondary N) is 1. The van der Waals surface area contributed by atoms with Gasteiger partial charge in [-0.1, -0.05) is 6.42 Å². The van der Waals surface area contributed by atoms with E-state index in [9.17, 15) is 4.21 Å². The number of nitrogens with zero attached hydrogens (tertiary/aromatic N) is 5. The SMILES string of the molecule is Cn1cc2c(n1)Nc1c(S(=O)C3CCC3)sc3nc(-c4cnc(N)nc4)cc-2c13. The Labute approximate surface area is 172 Å². The van der Waals surface area contributed by atoms with E-state index in [4.69, 9.17) is 10.7 Å². The zero-order valence-corrected chi connectivity index (χ0v) is 17.2. The van der Waals surface area contributed by atoms with Gasteiger partial charge in [-0.25, -0.2) is 15.0 Å². The average molecular weight is 424 g/mol. The van der Waals surface area contributed by atoms with Gasteiger partial charge in [-0.15, -0.1) is 11.3 Å². The largest absolute Gasteiger partial charge is 0.368 e. The van der Waals surface area contributed by atoms with Gasteiger partial charge in [0.1, 0.15) is 9.04 Å². The maximum absolute atomic E-state index is 13.2. The second-order valence-electron chi connectivity index (χ2n) is 7.37. The number of pyridine rings is 1. The molecule has 1 fully saturated rings. The van der Waals surface area contributed by atoms with Crippen LogP contribution in [0.15, 0.2) is 28.9 Å². The molecule has 4 aromatic heterocycles. The number of fused-ring (bicyclic) bond motifs is 2. The van der Waals surface area contributed by atoms with Crippen LogP contribution in [0.2, 0.25) is 0 Å². The number of rotatable bonds is 3. The minimum absolute atomic E-state index is 0.228. The van der Waals surface area contributed by atoms with Crippen LogP contribution in [0.4, 0.5) is 17.5 Å². The molecule has 1 unspecified atom stereocenters. The molecule has 5 heterocycles. The van der Waals surface area contributed by atoms with Crippen molar-refractivity contribution in [3.63, 3.8) is 0 Å². The number of nitrogen functional groups attached to an aromatic ring is 1. The van der Waals surface area contributed by atoms with Crippen molar-refractivity contribution in [2.45, 2.75) is 28.7 Å². The molecule has 0 radical (unpaired) electrons. The topological polar surface area (TPSA) is 112 Å². The predicted molar refractivity (Wildman–Crippen MR) is 115 cm³/mol. The first-order valence-electron chi connectivity index (χ1n) is 9.35. The van der Waals surface area contributed by atoms with E-state index in [2.05, 4.69) is 20.4 Å². The van der Waals surface area contributed by atoms with Crippen LogP contribution >= 0.6 is 11.3 Å². The summed E-state index contributed by atoms with van der Waals surface area (Å²) in [6.07, 6.45) is 8.53. The van der Waals surface area contributed by atoms with Gasteiger partial charge in [0.05, 0.1) is 22.2 Å². The van der Waals surface area contributed by atoms with Gasteiger partial charge in [-0.2, -0.15) is 5.10 Å². The average Bonchev–Trinajstić information content (AvgIpc) is 3.22. The summed E-state index contributed by atoms with van der Waals surface area (Å²) in [6.45, 7) is 0. The summed E-state index contributed by atoms with van der Waals surface area (Å²) in [6, 6.07) is 2.03. The van der Waals surface area contributed by atoms with Crippen LogP contribution in [0.25, 0.3) is 32.6 Å². The third-order valence-electron chi connectivity index (χ3n) is 5.50. The lowest BCUT2D eigenvalue weighted by Crippen LogP contribution is -2.23. The van der Waals surface area contributed by atoms with E-state index in [0.29, 0.717) is 0 Å². The zero-order valence-electron chi connectivity index (χ0n) is 15.5. The van der Waals surface area contributed by atoms with Crippen molar-refractivity contribution < 1.29 is 4.21 Å². The highest BCUT2D eigenvalue weighted by Crippen LogP contribution is 2.51. The lowest BCUT2D eigenvalue weighted by Gasteiger charge is -2.24. The Hall–Kier alpha value is -2.85. The Morgan fingerprint density at radius 1 is 1.28 bits per heavy atom. The molecule has 0 spiro atoms. The highest BCUT2D eigenvalue weighted by Gasteiger charge is 2.33. The highest BCUT2D eigenvalue weighted by atomic mass is 32.2. The molecule has 4 aromatic rings. The number of hydrogen-bond donors (Lipinski definition) is 2. The lowest BCUT2D eigenvalue weighted by molar-refractivity contribution is 0.505. The fourth-order valence-corrected chi connectivity index (χ4v) is 7.08. The van der Waals surface area contributed by atoms with Gasteiger partial charge in [0, 0.05) is 53.0 Å². The normalized spacial score (nSPS) is 16.3. The first kappa shape index (κ1) is 17.0. The van der Waals surface area contributed by atoms with Crippen LogP contribution in [-0.4, -0.2) is 34.2 Å². The standard InChI is InChI=1S/C19H17N7OS2/c1-26-8-12-11-5-13(9-6-21-19(20)22-7-9)23-17-14(11)15(24-16(12)25-26)18(28-17)29(27)10-3-2-4-10/h5-8,10H,2-4H2,1H3,(H,24,25)(H2,20,21,22). The Morgan fingerprint density at radius 3 is 2.79 bits per heavy atom. The Morgan fingerprint density at radius 2 is 2.07 bits per heavy atom. The molecule has 29 heavy (non-hydrogen) atoms. The quantitative estimate of drug-likeness (QED) is 0.457. The molecule has 1 atom stereocenters. The van der Waals surface area contributed by atoms with Crippen LogP contribution in [0.3, 0.4) is 0 Å². The van der Waals surface area contributed by atoms with E-state index in [1.807, 2.05) is 19.3 Å². The Bertz CT molecular complexity index is 1300. The van der Waals surface area contributed by atoms with Crippen molar-refractivity contribution in [3.8, 4) is 22.4 Å². The number of aryl methyl sites for hydroxylation is 1. The van der Waals surface area contributed by atoms with Crippen molar-refractivity contribution in [1.29, 1.82) is 0 Å². The molecule has 0 aromatic carbocycles.